The van der Waals surface area contributed by atoms with Crippen molar-refractivity contribution in [3.8, 4) is 0 Å². The first-order chi connectivity index (χ1) is 64.5. The molecule has 2 aromatic heterocycles. The number of pyridine rings is 1. The van der Waals surface area contributed by atoms with Gasteiger partial charge < -0.3 is 40.5 Å². The quantitative estimate of drug-likeness (QED) is 0.0265. The molecule has 0 bridgehead atoms. The van der Waals surface area contributed by atoms with E-state index in [1.165, 1.54) is 101 Å². The summed E-state index contributed by atoms with van der Waals surface area (Å²) in [5, 5.41) is 11.4. The molecular weight excluding hydrogens is 1860 g/mol. The van der Waals surface area contributed by atoms with E-state index in [0.717, 1.165) is 91.8 Å². The number of carbonyl (C=O) groups excluding carboxylic acids is 7. The molecule has 0 unspecified atom stereocenters. The fraction of sp³-hybridized carbons (Fsp3) is 0.262. The largest absolute Gasteiger partial charge is 0.416 e. The molecule has 10 aromatic carbocycles. The fourth-order valence-electron chi connectivity index (χ4n) is 15.5. The lowest BCUT2D eigenvalue weighted by Gasteiger charge is -2.36. The number of aryl methyl sites for hydroxylation is 1. The smallest absolute Gasteiger partial charge is 0.356 e. The number of nitrogens with one attached hydrogen (secondary N) is 4. The van der Waals surface area contributed by atoms with Crippen LogP contribution in [0.25, 0.3) is 11.0 Å². The highest BCUT2D eigenvalue weighted by Gasteiger charge is 2.43. The molecular formula is C103H96Cl4F6N10O8S3. The number of thioether (sulfide) groups is 3. The lowest BCUT2D eigenvalue weighted by atomic mass is 9.97. The number of aromatic nitrogens is 3. The molecule has 16 rings (SSSR count). The summed E-state index contributed by atoms with van der Waals surface area (Å²) in [6.45, 7) is 7.98. The summed E-state index contributed by atoms with van der Waals surface area (Å²) < 4.78 is 81.7. The number of anilines is 3. The predicted molar refractivity (Wildman–Crippen MR) is 520 cm³/mol. The number of allylic oxidation sites excluding steroid dienone is 1. The van der Waals surface area contributed by atoms with Crippen LogP contribution in [0.4, 0.5) is 43.4 Å². The Hall–Kier alpha value is -11.7. The molecule has 0 spiro atoms. The van der Waals surface area contributed by atoms with Gasteiger partial charge in [0.1, 0.15) is 38.9 Å². The van der Waals surface area contributed by atoms with Gasteiger partial charge in [-0.25, -0.2) is 18.2 Å². The van der Waals surface area contributed by atoms with Crippen molar-refractivity contribution in [1.29, 1.82) is 0 Å². The molecule has 0 saturated carbocycles. The number of hydrogen-bond donors (Lipinski definition) is 4. The van der Waals surface area contributed by atoms with E-state index in [1.807, 2.05) is 171 Å². The second kappa shape index (κ2) is 47.5. The van der Waals surface area contributed by atoms with Crippen molar-refractivity contribution in [3.05, 3.63) is 365 Å². The van der Waals surface area contributed by atoms with Crippen LogP contribution in [-0.2, 0) is 91.7 Å². The van der Waals surface area contributed by atoms with E-state index in [1.54, 1.807) is 65.2 Å². The van der Waals surface area contributed by atoms with Crippen LogP contribution in [0.3, 0.4) is 0 Å². The second-order valence-corrected chi connectivity index (χ2v) is 37.7. The van der Waals surface area contributed by atoms with Crippen molar-refractivity contribution in [2.45, 2.75) is 148 Å². The maximum absolute atomic E-state index is 13.5. The first-order valence-corrected chi connectivity index (χ1v) is 47.8. The lowest BCUT2D eigenvalue weighted by Crippen LogP contribution is -2.47. The van der Waals surface area contributed by atoms with E-state index in [9.17, 15) is 64.7 Å². The van der Waals surface area contributed by atoms with Gasteiger partial charge in [-0.2, -0.15) is 13.2 Å². The number of alkyl halides is 3. The monoisotopic (exact) mass is 1950 g/mol. The minimum Gasteiger partial charge on any atom is -0.356 e. The molecule has 7 amide bonds. The third-order valence-electron chi connectivity index (χ3n) is 23.0. The summed E-state index contributed by atoms with van der Waals surface area (Å²) in [6.07, 6.45) is 7.93. The summed E-state index contributed by atoms with van der Waals surface area (Å²) in [7, 11) is 0. The Kier molecular flexibility index (Phi) is 35.4. The molecule has 0 saturated heterocycles. The topological polar surface area (TPSA) is 225 Å². The molecule has 0 fully saturated rings. The third-order valence-corrected chi connectivity index (χ3v) is 28.7. The highest BCUT2D eigenvalue weighted by molar-refractivity contribution is 8.01. The summed E-state index contributed by atoms with van der Waals surface area (Å²) in [6, 6.07) is 68.5. The van der Waals surface area contributed by atoms with Gasteiger partial charge in [-0.3, -0.25) is 43.3 Å². The van der Waals surface area contributed by atoms with Crippen LogP contribution < -0.4 is 41.5 Å². The Morgan fingerprint density at radius 2 is 0.881 bits per heavy atom. The number of hydrogen-bond acceptors (Lipinski definition) is 13. The molecule has 0 radical (unpaired) electrons. The average Bonchev–Trinajstić information content (AvgIpc) is 0.786. The van der Waals surface area contributed by atoms with Gasteiger partial charge in [-0.1, -0.05) is 212 Å². The SMILES string of the molecule is C[C@@H](C(=O)NCCC1=CCCCC1)[C@H]1Sc2ccccc2N(Cc2ccc(F)cc2Cl)C1=O.C[C@@H](C(=O)NCCc1ccc(Cl)cc1)[C@H]1Sc2ccccc2N(Cc2ccc(F)cc2Cl)C1=O.C[C@@H](C(=O)NCCc1ccccc1)[C@H]1Sc2ccccc2N(Cc2ccc(F)cc2Cl)C1=O.O=C(CCc1nc2cc(C(F)(F)F)ccc2n(Cc2ccccc2)c1=O)NCc1cccnc1. The van der Waals surface area contributed by atoms with Crippen molar-refractivity contribution < 1.29 is 59.9 Å². The average molecular weight is 1950 g/mol. The fourth-order valence-corrected chi connectivity index (χ4v) is 20.2. The molecule has 31 heteroatoms. The summed E-state index contributed by atoms with van der Waals surface area (Å²) >= 11 is 28.9. The minimum absolute atomic E-state index is 0.00131. The van der Waals surface area contributed by atoms with Gasteiger partial charge in [-0.15, -0.1) is 35.3 Å². The molecule has 3 aliphatic heterocycles. The molecule has 694 valence electrons. The standard InChI is InChI=1S/C26H23Cl2FN2O2S.C26H28ClFN2O2S.C26H24ClFN2O2S.C25H21F3N4O2/c1-16(25(32)30-13-12-17-6-9-19(27)10-7-17)24-26(33)31(22-4-2-3-5-23(22)34-24)15-18-8-11-20(29)14-21(18)28;2*1-17(25(31)29-14-13-18-7-3-2-4-8-18)24-26(32)30(22-9-5-6-10-23(22)33-24)16-19-11-12-20(28)15-21(19)27;26-25(27,28)19-8-10-22-21(13-19)31-20(24(34)32(22)16-17-5-2-1-3-6-17)9-11-23(33)30-15-18-7-4-12-29-14-18/h2-11,14,16,24H,12-13,15H2,1H3,(H,30,32);5-7,9-12,15,17,24H,2-4,8,13-14,16H2,1H3,(H,29,31);2-12,15,17,24H,13-14,16H2,1H3,(H,29,31);1-8,10,12-14H,9,11,15-16H2,(H,30,33)/t16-,24-;2*17-,24-;/m111./s1. The highest BCUT2D eigenvalue weighted by Crippen LogP contribution is 2.47. The van der Waals surface area contributed by atoms with Crippen LogP contribution in [0.5, 0.6) is 0 Å². The number of benzene rings is 10. The Labute approximate surface area is 805 Å². The normalized spacial score (nSPS) is 15.7. The summed E-state index contributed by atoms with van der Waals surface area (Å²) in [5.74, 6) is -4.10. The van der Waals surface area contributed by atoms with Gasteiger partial charge in [0.2, 0.25) is 41.4 Å². The number of carbonyl (C=O) groups is 7. The second-order valence-electron chi connectivity index (χ2n) is 32.5. The van der Waals surface area contributed by atoms with E-state index in [2.05, 4.69) is 37.3 Å². The number of fused-ring (bicyclic) bond motifs is 4. The van der Waals surface area contributed by atoms with E-state index in [0.29, 0.717) is 53.3 Å². The lowest BCUT2D eigenvalue weighted by molar-refractivity contribution is -0.137. The Morgan fingerprint density at radius 3 is 1.31 bits per heavy atom. The zero-order valence-electron chi connectivity index (χ0n) is 73.3. The van der Waals surface area contributed by atoms with Crippen LogP contribution in [0.15, 0.2) is 286 Å². The van der Waals surface area contributed by atoms with E-state index in [-0.39, 0.29) is 113 Å². The van der Waals surface area contributed by atoms with Crippen molar-refractivity contribution in [1.82, 2.24) is 35.8 Å². The van der Waals surface area contributed by atoms with E-state index in [4.69, 9.17) is 46.4 Å². The summed E-state index contributed by atoms with van der Waals surface area (Å²) in [4.78, 5) is 121. The van der Waals surface area contributed by atoms with Crippen LogP contribution in [0, 0.1) is 35.2 Å². The molecule has 18 nitrogen and oxygen atoms in total. The first kappa shape index (κ1) is 99.8. The van der Waals surface area contributed by atoms with Crippen molar-refractivity contribution in [2.24, 2.45) is 17.8 Å². The zero-order chi connectivity index (χ0) is 95.1. The number of para-hydroxylation sites is 3. The Balaban J connectivity index is 0.000000152. The molecule has 5 heterocycles. The Bertz CT molecular complexity index is 6300. The molecule has 4 aliphatic rings. The molecule has 6 atom stereocenters. The van der Waals surface area contributed by atoms with Gasteiger partial charge in [0.15, 0.2) is 0 Å². The molecule has 12 aromatic rings. The van der Waals surface area contributed by atoms with E-state index < -0.39 is 68.3 Å². The molecule has 1 aliphatic carbocycles. The third kappa shape index (κ3) is 26.7. The first-order valence-electron chi connectivity index (χ1n) is 43.6. The van der Waals surface area contributed by atoms with Gasteiger partial charge in [0.25, 0.3) is 5.56 Å². The van der Waals surface area contributed by atoms with Crippen molar-refractivity contribution in [3.63, 3.8) is 0 Å². The zero-order valence-corrected chi connectivity index (χ0v) is 78.7. The van der Waals surface area contributed by atoms with Crippen LogP contribution >= 0.6 is 81.7 Å². The Morgan fingerprint density at radius 1 is 0.455 bits per heavy atom. The maximum Gasteiger partial charge on any atom is 0.416 e. The summed E-state index contributed by atoms with van der Waals surface area (Å²) in [5.41, 5.74) is 8.60. The van der Waals surface area contributed by atoms with Gasteiger partial charge in [-0.05, 0) is 193 Å². The minimum atomic E-state index is -4.54. The predicted octanol–water partition coefficient (Wildman–Crippen LogP) is 21.9. The van der Waals surface area contributed by atoms with Crippen molar-refractivity contribution in [2.75, 3.05) is 34.3 Å². The van der Waals surface area contributed by atoms with Crippen LogP contribution in [0.1, 0.15) is 109 Å². The van der Waals surface area contributed by atoms with Gasteiger partial charge >= 0.3 is 6.18 Å². The number of rotatable bonds is 28. The van der Waals surface area contributed by atoms with Crippen molar-refractivity contribution >= 4 is 151 Å². The van der Waals surface area contributed by atoms with Gasteiger partial charge in [0, 0.05) is 86.2 Å². The number of halogens is 10. The van der Waals surface area contributed by atoms with E-state index >= 15 is 0 Å². The number of amides is 7. The van der Waals surface area contributed by atoms with Crippen LogP contribution in [-0.4, -0.2) is 91.3 Å². The molecule has 4 N–H and O–H groups in total. The van der Waals surface area contributed by atoms with Crippen LogP contribution in [0.2, 0.25) is 20.1 Å². The number of nitrogens with zero attached hydrogens (tertiary/aromatic N) is 6. The maximum atomic E-state index is 13.5. The van der Waals surface area contributed by atoms with Gasteiger partial charge in [0.05, 0.1) is 77.6 Å². The highest BCUT2D eigenvalue weighted by atomic mass is 35.5. The molecule has 134 heavy (non-hydrogen) atoms.